The zero-order valence-corrected chi connectivity index (χ0v) is 16.9. The number of furan rings is 1. The lowest BCUT2D eigenvalue weighted by atomic mass is 10.1. The minimum absolute atomic E-state index is 0.145. The maximum atomic E-state index is 12.1. The average molecular weight is 474 g/mol. The van der Waals surface area contributed by atoms with E-state index >= 15 is 0 Å². The Kier molecular flexibility index (Phi) is 10.2. The van der Waals surface area contributed by atoms with Crippen molar-refractivity contribution in [3.05, 3.63) is 35.0 Å². The summed E-state index contributed by atoms with van der Waals surface area (Å²) in [5, 5.41) is 19.7. The average Bonchev–Trinajstić information content (AvgIpc) is 3.03. The van der Waals surface area contributed by atoms with Gasteiger partial charge < -0.3 is 19.9 Å². The number of aliphatic carboxylic acids is 2. The molecule has 0 saturated carbocycles. The molecular weight excluding hydrogens is 459 g/mol. The van der Waals surface area contributed by atoms with Gasteiger partial charge in [-0.3, -0.25) is 9.59 Å². The summed E-state index contributed by atoms with van der Waals surface area (Å²) in [7, 11) is 3.02. The van der Waals surface area contributed by atoms with E-state index in [0.29, 0.717) is 39.6 Å². The number of carboxylic acid groups (broad SMARTS) is 2. The van der Waals surface area contributed by atoms with Crippen LogP contribution in [-0.2, 0) is 9.59 Å². The molecule has 1 aromatic carbocycles. The molecule has 7 nitrogen and oxygen atoms in total. The smallest absolute Gasteiger partial charge is 0.481 e. The van der Waals surface area contributed by atoms with Crippen molar-refractivity contribution >= 4 is 62.0 Å². The fourth-order valence-electron chi connectivity index (χ4n) is 1.73. The Labute approximate surface area is 175 Å². The third kappa shape index (κ3) is 9.33. The van der Waals surface area contributed by atoms with Crippen molar-refractivity contribution in [2.45, 2.75) is 12.6 Å². The van der Waals surface area contributed by atoms with E-state index in [0.717, 1.165) is 0 Å². The predicted molar refractivity (Wildman–Crippen MR) is 104 cm³/mol. The van der Waals surface area contributed by atoms with Crippen LogP contribution in [0.2, 0.25) is 5.02 Å². The van der Waals surface area contributed by atoms with Crippen LogP contribution in [0.15, 0.2) is 28.9 Å². The van der Waals surface area contributed by atoms with Crippen molar-refractivity contribution in [2.24, 2.45) is 0 Å². The van der Waals surface area contributed by atoms with E-state index in [4.69, 9.17) is 31.0 Å². The Morgan fingerprint density at radius 3 is 2.34 bits per heavy atom. The van der Waals surface area contributed by atoms with Crippen molar-refractivity contribution in [2.75, 3.05) is 18.1 Å². The van der Waals surface area contributed by atoms with Crippen molar-refractivity contribution < 1.29 is 42.2 Å². The summed E-state index contributed by atoms with van der Waals surface area (Å²) in [5.74, 6) is -2.51. The molecule has 0 aliphatic heterocycles. The molecule has 0 unspecified atom stereocenters. The summed E-state index contributed by atoms with van der Waals surface area (Å²) in [4.78, 5) is 31.3. The van der Waals surface area contributed by atoms with Gasteiger partial charge in [0.1, 0.15) is 11.8 Å². The van der Waals surface area contributed by atoms with Crippen molar-refractivity contribution in [3.8, 4) is 0 Å². The first-order valence-electron chi connectivity index (χ1n) is 7.73. The number of carboxylic acids is 2. The van der Waals surface area contributed by atoms with Crippen LogP contribution in [0, 0.1) is 0 Å². The fraction of sp³-hybridized carbons (Fsp3) is 0.312. The zero-order valence-electron chi connectivity index (χ0n) is 14.5. The molecule has 2 aromatic rings. The number of fused-ring (bicyclic) bond motifs is 1. The summed E-state index contributed by atoms with van der Waals surface area (Å²) < 4.78 is 37.1. The number of amides is 1. The Balaban J connectivity index is 0.000000516. The minimum Gasteiger partial charge on any atom is -0.481 e. The molecule has 0 fully saturated rings. The van der Waals surface area contributed by atoms with E-state index in [-0.39, 0.29) is 12.3 Å². The van der Waals surface area contributed by atoms with Crippen LogP contribution in [0.25, 0.3) is 11.0 Å². The molecule has 0 aliphatic carbocycles. The molecular formula is C16H15ClF3NO6S2. The van der Waals surface area contributed by atoms with Crippen LogP contribution in [0.4, 0.5) is 13.2 Å². The highest BCUT2D eigenvalue weighted by atomic mass is 35.5. The Morgan fingerprint density at radius 1 is 1.14 bits per heavy atom. The topological polar surface area (TPSA) is 117 Å². The maximum absolute atomic E-state index is 12.1. The van der Waals surface area contributed by atoms with Crippen molar-refractivity contribution in [3.63, 3.8) is 0 Å². The lowest BCUT2D eigenvalue weighted by Gasteiger charge is -2.03. The zero-order chi connectivity index (χ0) is 22.0. The molecule has 1 aromatic heterocycles. The Bertz CT molecular complexity index is 859. The van der Waals surface area contributed by atoms with Gasteiger partial charge in [-0.15, -0.1) is 0 Å². The number of rotatable bonds is 8. The van der Waals surface area contributed by atoms with Gasteiger partial charge in [-0.25, -0.2) is 4.79 Å². The van der Waals surface area contributed by atoms with Gasteiger partial charge in [0.15, 0.2) is 0 Å². The highest BCUT2D eigenvalue weighted by molar-refractivity contribution is 8.76. The summed E-state index contributed by atoms with van der Waals surface area (Å²) in [6.07, 6.45) is -3.52. The molecule has 0 radical (unpaired) electrons. The largest absolute Gasteiger partial charge is 0.490 e. The van der Waals surface area contributed by atoms with Gasteiger partial charge >= 0.3 is 18.1 Å². The van der Waals surface area contributed by atoms with Crippen LogP contribution in [0.3, 0.4) is 0 Å². The molecule has 1 amide bonds. The number of carbonyl (C=O) groups excluding carboxylic acids is 1. The molecule has 29 heavy (non-hydrogen) atoms. The van der Waals surface area contributed by atoms with Gasteiger partial charge in [-0.05, 0) is 18.2 Å². The van der Waals surface area contributed by atoms with Gasteiger partial charge in [0.05, 0.1) is 12.0 Å². The van der Waals surface area contributed by atoms with Crippen LogP contribution < -0.4 is 5.32 Å². The first-order chi connectivity index (χ1) is 13.5. The number of halogens is 4. The summed E-state index contributed by atoms with van der Waals surface area (Å²) >= 11 is 5.93. The molecule has 0 spiro atoms. The van der Waals surface area contributed by atoms with E-state index in [1.54, 1.807) is 18.2 Å². The van der Waals surface area contributed by atoms with E-state index in [1.165, 1.54) is 27.9 Å². The second-order valence-corrected chi connectivity index (χ2v) is 8.27. The summed E-state index contributed by atoms with van der Waals surface area (Å²) in [6.45, 7) is 0.497. The third-order valence-corrected chi connectivity index (χ3v) is 5.62. The van der Waals surface area contributed by atoms with Crippen LogP contribution in [0.5, 0.6) is 0 Å². The third-order valence-electron chi connectivity index (χ3n) is 2.98. The first-order valence-corrected chi connectivity index (χ1v) is 10.6. The SMILES string of the molecule is O=C(O)C(F)(F)F.O=C(O)CCSSCCNC(=O)c1coc2ccc(Cl)cc12. The number of carbonyl (C=O) groups is 3. The normalized spacial score (nSPS) is 10.9. The molecule has 13 heteroatoms. The lowest BCUT2D eigenvalue weighted by molar-refractivity contribution is -0.192. The van der Waals surface area contributed by atoms with Crippen molar-refractivity contribution in [1.29, 1.82) is 0 Å². The molecule has 0 atom stereocenters. The quantitative estimate of drug-likeness (QED) is 0.383. The van der Waals surface area contributed by atoms with Gasteiger partial charge in [0.2, 0.25) is 0 Å². The predicted octanol–water partition coefficient (Wildman–Crippen LogP) is 4.31. The number of alkyl halides is 3. The van der Waals surface area contributed by atoms with Crippen LogP contribution in [-0.4, -0.2) is 52.3 Å². The summed E-state index contributed by atoms with van der Waals surface area (Å²) in [6, 6.07) is 5.13. The second kappa shape index (κ2) is 11.8. The van der Waals surface area contributed by atoms with Crippen LogP contribution in [0.1, 0.15) is 16.8 Å². The molecule has 2 rings (SSSR count). The monoisotopic (exact) mass is 473 g/mol. The van der Waals surface area contributed by atoms with Gasteiger partial charge in [-0.2, -0.15) is 13.2 Å². The standard InChI is InChI=1S/C14H14ClNO4S2.C2HF3O2/c15-9-1-2-12-10(7-9)11(8-20-12)14(19)16-4-6-22-21-5-3-13(17)18;3-2(4,5)1(6)7/h1-2,7-8H,3-6H2,(H,16,19)(H,17,18);(H,6,7). The molecule has 3 N–H and O–H groups in total. The highest BCUT2D eigenvalue weighted by Crippen LogP contribution is 2.25. The van der Waals surface area contributed by atoms with Crippen LogP contribution >= 0.6 is 33.2 Å². The number of nitrogens with one attached hydrogen (secondary N) is 1. The lowest BCUT2D eigenvalue weighted by Crippen LogP contribution is -2.25. The van der Waals surface area contributed by atoms with E-state index < -0.39 is 18.1 Å². The van der Waals surface area contributed by atoms with E-state index in [9.17, 15) is 22.8 Å². The molecule has 1 heterocycles. The molecule has 160 valence electrons. The van der Waals surface area contributed by atoms with Gasteiger partial charge in [0, 0.05) is 28.5 Å². The summed E-state index contributed by atoms with van der Waals surface area (Å²) in [5.41, 5.74) is 1.08. The van der Waals surface area contributed by atoms with E-state index in [2.05, 4.69) is 5.32 Å². The second-order valence-electron chi connectivity index (χ2n) is 5.14. The Morgan fingerprint density at radius 2 is 1.76 bits per heavy atom. The Hall–Kier alpha value is -2.05. The fourth-order valence-corrected chi connectivity index (χ4v) is 3.78. The van der Waals surface area contributed by atoms with E-state index in [1.807, 2.05) is 0 Å². The highest BCUT2D eigenvalue weighted by Gasteiger charge is 2.38. The number of benzene rings is 1. The maximum Gasteiger partial charge on any atom is 0.490 e. The molecule has 0 saturated heterocycles. The number of hydrogen-bond donors (Lipinski definition) is 3. The van der Waals surface area contributed by atoms with Gasteiger partial charge in [-0.1, -0.05) is 33.2 Å². The van der Waals surface area contributed by atoms with Crippen molar-refractivity contribution in [1.82, 2.24) is 5.32 Å². The van der Waals surface area contributed by atoms with Gasteiger partial charge in [0.25, 0.3) is 5.91 Å². The minimum atomic E-state index is -5.08. The molecule has 0 bridgehead atoms. The molecule has 0 aliphatic rings. The first kappa shape index (κ1) is 25.0. The number of hydrogen-bond acceptors (Lipinski definition) is 6.